The average molecular weight is 444 g/mol. The molecule has 0 radical (unpaired) electrons. The van der Waals surface area contributed by atoms with Crippen LogP contribution in [0.3, 0.4) is 0 Å². The van der Waals surface area contributed by atoms with Crippen molar-refractivity contribution in [3.05, 3.63) is 92.9 Å². The highest BCUT2D eigenvalue weighted by molar-refractivity contribution is 5.95. The van der Waals surface area contributed by atoms with Gasteiger partial charge in [-0.2, -0.15) is 5.26 Å². The van der Waals surface area contributed by atoms with Gasteiger partial charge in [0.25, 0.3) is 11.5 Å². The number of hydrogen-bond donors (Lipinski definition) is 2. The lowest BCUT2D eigenvalue weighted by Gasteiger charge is -2.12. The van der Waals surface area contributed by atoms with Crippen LogP contribution in [0.15, 0.2) is 59.4 Å². The monoisotopic (exact) mass is 444 g/mol. The van der Waals surface area contributed by atoms with Gasteiger partial charge in [0.05, 0.1) is 7.11 Å². The van der Waals surface area contributed by atoms with Crippen molar-refractivity contribution in [1.82, 2.24) is 9.88 Å². The zero-order valence-electron chi connectivity index (χ0n) is 18.6. The molecule has 1 aromatic heterocycles. The van der Waals surface area contributed by atoms with Crippen molar-refractivity contribution in [2.45, 2.75) is 26.9 Å². The molecule has 0 aliphatic heterocycles. The first-order chi connectivity index (χ1) is 15.8. The van der Waals surface area contributed by atoms with Gasteiger partial charge in [-0.1, -0.05) is 12.1 Å². The van der Waals surface area contributed by atoms with Crippen molar-refractivity contribution in [3.8, 4) is 11.8 Å². The molecule has 2 N–H and O–H groups in total. The largest absolute Gasteiger partial charge is 0.497 e. The van der Waals surface area contributed by atoms with Crippen LogP contribution in [0.1, 0.15) is 32.7 Å². The van der Waals surface area contributed by atoms with Crippen molar-refractivity contribution in [2.75, 3.05) is 12.4 Å². The van der Waals surface area contributed by atoms with Crippen LogP contribution in [0.25, 0.3) is 0 Å². The van der Waals surface area contributed by atoms with Crippen LogP contribution in [0.4, 0.5) is 5.69 Å². The molecule has 0 bridgehead atoms. The smallest absolute Gasteiger partial charge is 0.269 e. The lowest BCUT2D eigenvalue weighted by molar-refractivity contribution is -0.116. The van der Waals surface area contributed by atoms with E-state index in [9.17, 15) is 19.6 Å². The molecule has 8 nitrogen and oxygen atoms in total. The molecule has 2 aromatic carbocycles. The van der Waals surface area contributed by atoms with Crippen LogP contribution in [-0.2, 0) is 17.9 Å². The summed E-state index contributed by atoms with van der Waals surface area (Å²) in [5, 5.41) is 14.7. The standard InChI is InChI=1S/C25H24N4O4/c1-16-11-17(2)29(25(32)22(16)13-26)15-23(30)28-20-9-7-19(8-10-20)24(31)27-14-18-5-4-6-21(12-18)33-3/h4-12H,14-15H2,1-3H3,(H,27,31)(H,28,30). The summed E-state index contributed by atoms with van der Waals surface area (Å²) in [5.41, 5.74) is 2.55. The minimum Gasteiger partial charge on any atom is -0.497 e. The highest BCUT2D eigenvalue weighted by atomic mass is 16.5. The maximum Gasteiger partial charge on any atom is 0.269 e. The molecule has 0 spiro atoms. The summed E-state index contributed by atoms with van der Waals surface area (Å²) in [6.45, 7) is 3.53. The first kappa shape index (κ1) is 23.3. The lowest BCUT2D eigenvalue weighted by atomic mass is 10.1. The Bertz CT molecular complexity index is 1290. The van der Waals surface area contributed by atoms with Gasteiger partial charge in [-0.25, -0.2) is 0 Å². The van der Waals surface area contributed by atoms with Gasteiger partial charge in [0, 0.05) is 23.5 Å². The molecule has 0 atom stereocenters. The fourth-order valence-electron chi connectivity index (χ4n) is 3.38. The third kappa shape index (κ3) is 5.66. The number of aromatic nitrogens is 1. The van der Waals surface area contributed by atoms with Gasteiger partial charge < -0.3 is 19.9 Å². The van der Waals surface area contributed by atoms with Crippen LogP contribution in [0, 0.1) is 25.2 Å². The summed E-state index contributed by atoms with van der Waals surface area (Å²) in [7, 11) is 1.59. The number of benzene rings is 2. The molecular formula is C25H24N4O4. The van der Waals surface area contributed by atoms with E-state index in [1.165, 1.54) is 4.57 Å². The zero-order chi connectivity index (χ0) is 24.0. The van der Waals surface area contributed by atoms with E-state index in [1.807, 2.05) is 30.3 Å². The Hall–Kier alpha value is -4.38. The van der Waals surface area contributed by atoms with E-state index in [0.717, 1.165) is 5.56 Å². The number of nitrogens with one attached hydrogen (secondary N) is 2. The molecule has 0 aliphatic rings. The summed E-state index contributed by atoms with van der Waals surface area (Å²) < 4.78 is 6.44. The molecule has 2 amide bonds. The molecule has 0 saturated heterocycles. The van der Waals surface area contributed by atoms with Crippen molar-refractivity contribution in [2.24, 2.45) is 0 Å². The number of rotatable bonds is 7. The molecule has 0 fully saturated rings. The second kappa shape index (κ2) is 10.3. The van der Waals surface area contributed by atoms with Gasteiger partial charge in [0.1, 0.15) is 23.9 Å². The predicted molar refractivity (Wildman–Crippen MR) is 124 cm³/mol. The number of carbonyl (C=O) groups excluding carboxylic acids is 2. The van der Waals surface area contributed by atoms with E-state index in [1.54, 1.807) is 51.3 Å². The van der Waals surface area contributed by atoms with Crippen LogP contribution in [0.5, 0.6) is 5.75 Å². The van der Waals surface area contributed by atoms with Crippen LogP contribution in [-0.4, -0.2) is 23.5 Å². The zero-order valence-corrected chi connectivity index (χ0v) is 18.6. The fourth-order valence-corrected chi connectivity index (χ4v) is 3.38. The highest BCUT2D eigenvalue weighted by Crippen LogP contribution is 2.13. The summed E-state index contributed by atoms with van der Waals surface area (Å²) in [6, 6.07) is 17.4. The molecule has 0 aliphatic carbocycles. The van der Waals surface area contributed by atoms with Gasteiger partial charge in [0.15, 0.2) is 0 Å². The quantitative estimate of drug-likeness (QED) is 0.582. The lowest BCUT2D eigenvalue weighted by Crippen LogP contribution is -2.31. The minimum absolute atomic E-state index is 0.0257. The van der Waals surface area contributed by atoms with Crippen molar-refractivity contribution >= 4 is 17.5 Å². The molecule has 8 heteroatoms. The van der Waals surface area contributed by atoms with E-state index in [2.05, 4.69) is 10.6 Å². The molecule has 33 heavy (non-hydrogen) atoms. The first-order valence-electron chi connectivity index (χ1n) is 10.2. The molecule has 3 aromatic rings. The maximum absolute atomic E-state index is 12.5. The van der Waals surface area contributed by atoms with E-state index in [-0.39, 0.29) is 18.0 Å². The number of nitriles is 1. The van der Waals surface area contributed by atoms with Gasteiger partial charge in [-0.3, -0.25) is 14.4 Å². The first-order valence-corrected chi connectivity index (χ1v) is 10.2. The third-order valence-corrected chi connectivity index (χ3v) is 5.14. The van der Waals surface area contributed by atoms with Crippen LogP contribution < -0.4 is 20.9 Å². The molecular weight excluding hydrogens is 420 g/mol. The Labute approximate surface area is 191 Å². The van der Waals surface area contributed by atoms with Crippen molar-refractivity contribution < 1.29 is 14.3 Å². The summed E-state index contributed by atoms with van der Waals surface area (Å²) in [6.07, 6.45) is 0. The summed E-state index contributed by atoms with van der Waals surface area (Å²) in [4.78, 5) is 37.3. The average Bonchev–Trinajstić information content (AvgIpc) is 2.81. The van der Waals surface area contributed by atoms with Crippen molar-refractivity contribution in [1.29, 1.82) is 5.26 Å². The molecule has 0 saturated carbocycles. The van der Waals surface area contributed by atoms with Gasteiger partial charge in [0.2, 0.25) is 5.91 Å². The van der Waals surface area contributed by atoms with Crippen LogP contribution in [0.2, 0.25) is 0 Å². The fraction of sp³-hybridized carbons (Fsp3) is 0.200. The number of pyridine rings is 1. The number of anilines is 1. The number of carbonyl (C=O) groups is 2. The van der Waals surface area contributed by atoms with E-state index in [4.69, 9.17) is 4.74 Å². The SMILES string of the molecule is COc1cccc(CNC(=O)c2ccc(NC(=O)Cn3c(C)cc(C)c(C#N)c3=O)cc2)c1. The maximum atomic E-state index is 12.5. The Balaban J connectivity index is 1.61. The van der Waals surface area contributed by atoms with Gasteiger partial charge in [-0.05, 0) is 67.4 Å². The second-order valence-electron chi connectivity index (χ2n) is 7.51. The van der Waals surface area contributed by atoms with Crippen molar-refractivity contribution in [3.63, 3.8) is 0 Å². The number of amides is 2. The summed E-state index contributed by atoms with van der Waals surface area (Å²) >= 11 is 0. The van der Waals surface area contributed by atoms with Crippen LogP contribution >= 0.6 is 0 Å². The Morgan fingerprint density at radius 3 is 2.48 bits per heavy atom. The number of ether oxygens (including phenoxy) is 1. The Kier molecular flexibility index (Phi) is 7.26. The molecule has 0 unspecified atom stereocenters. The summed E-state index contributed by atoms with van der Waals surface area (Å²) in [5.74, 6) is 0.0542. The highest BCUT2D eigenvalue weighted by Gasteiger charge is 2.13. The normalized spacial score (nSPS) is 10.2. The Morgan fingerprint density at radius 2 is 1.82 bits per heavy atom. The Morgan fingerprint density at radius 1 is 1.09 bits per heavy atom. The second-order valence-corrected chi connectivity index (χ2v) is 7.51. The van der Waals surface area contributed by atoms with E-state index in [0.29, 0.717) is 34.8 Å². The minimum atomic E-state index is -0.492. The number of aryl methyl sites for hydroxylation is 2. The topological polar surface area (TPSA) is 113 Å². The van der Waals surface area contributed by atoms with E-state index >= 15 is 0 Å². The molecule has 3 rings (SSSR count). The van der Waals surface area contributed by atoms with Gasteiger partial charge >= 0.3 is 0 Å². The number of hydrogen-bond acceptors (Lipinski definition) is 5. The number of methoxy groups -OCH3 is 1. The molecule has 1 heterocycles. The number of nitrogens with zero attached hydrogens (tertiary/aromatic N) is 2. The van der Waals surface area contributed by atoms with Gasteiger partial charge in [-0.15, -0.1) is 0 Å². The molecule has 168 valence electrons. The third-order valence-electron chi connectivity index (χ3n) is 5.14. The van der Waals surface area contributed by atoms with E-state index < -0.39 is 11.5 Å². The predicted octanol–water partition coefficient (Wildman–Crippen LogP) is 2.91.